The zero-order chi connectivity index (χ0) is 24.9. The van der Waals surface area contributed by atoms with Crippen molar-refractivity contribution in [2.75, 3.05) is 14.2 Å². The summed E-state index contributed by atoms with van der Waals surface area (Å²) in [7, 11) is -1.13. The lowest BCUT2D eigenvalue weighted by molar-refractivity contribution is 0.139. The van der Waals surface area contributed by atoms with Crippen molar-refractivity contribution in [2.24, 2.45) is 5.10 Å². The fourth-order valence-corrected chi connectivity index (χ4v) is 3.79. The number of halogens is 4. The zero-order valence-electron chi connectivity index (χ0n) is 18.0. The van der Waals surface area contributed by atoms with E-state index in [4.69, 9.17) is 9.47 Å². The van der Waals surface area contributed by atoms with Gasteiger partial charge in [-0.05, 0) is 54.1 Å². The van der Waals surface area contributed by atoms with Crippen LogP contribution in [0.3, 0.4) is 0 Å². The molecule has 3 rings (SSSR count). The largest absolute Gasteiger partial charge is 0.497 e. The molecule has 182 valence electrons. The number of ether oxygens (including phenoxy) is 2. The molecule has 0 radical (unpaired) electrons. The maximum absolute atomic E-state index is 13.3. The van der Waals surface area contributed by atoms with E-state index in [1.807, 2.05) is 0 Å². The SMILES string of the molecule is COc1ccc(S(=O)(=O)N/N=C\c2ccc(OC)c(Cn3nc(C(F)F)cc3C(F)F)c2)cc1. The molecule has 1 N–H and O–H groups in total. The summed E-state index contributed by atoms with van der Waals surface area (Å²) in [5.74, 6) is 0.784. The second kappa shape index (κ2) is 10.5. The first-order valence-electron chi connectivity index (χ1n) is 9.64. The number of benzene rings is 2. The van der Waals surface area contributed by atoms with Gasteiger partial charge in [0.15, 0.2) is 0 Å². The van der Waals surface area contributed by atoms with Crippen molar-refractivity contribution >= 4 is 16.2 Å². The van der Waals surface area contributed by atoms with Crippen LogP contribution in [0.4, 0.5) is 17.6 Å². The average Bonchev–Trinajstić information content (AvgIpc) is 3.24. The molecule has 0 unspecified atom stereocenters. The molecule has 3 aromatic rings. The molecule has 0 saturated heterocycles. The fraction of sp³-hybridized carbons (Fsp3) is 0.238. The molecule has 34 heavy (non-hydrogen) atoms. The summed E-state index contributed by atoms with van der Waals surface area (Å²) < 4.78 is 88.2. The number of rotatable bonds is 10. The predicted octanol–water partition coefficient (Wildman–Crippen LogP) is 4.14. The van der Waals surface area contributed by atoms with Gasteiger partial charge in [0.1, 0.15) is 22.9 Å². The van der Waals surface area contributed by atoms with Crippen LogP contribution in [-0.4, -0.2) is 38.6 Å². The average molecular weight is 500 g/mol. The predicted molar refractivity (Wildman–Crippen MR) is 115 cm³/mol. The van der Waals surface area contributed by atoms with E-state index in [-0.39, 0.29) is 11.4 Å². The first kappa shape index (κ1) is 25.0. The molecular formula is C21H20F4N4O4S. The number of nitrogens with one attached hydrogen (secondary N) is 1. The van der Waals surface area contributed by atoms with Gasteiger partial charge in [-0.25, -0.2) is 22.4 Å². The normalized spacial score (nSPS) is 12.0. The molecule has 1 heterocycles. The summed E-state index contributed by atoms with van der Waals surface area (Å²) in [6.45, 7) is -0.283. The van der Waals surface area contributed by atoms with Gasteiger partial charge in [-0.15, -0.1) is 0 Å². The summed E-state index contributed by atoms with van der Waals surface area (Å²) in [6.07, 6.45) is -4.81. The highest BCUT2D eigenvalue weighted by Gasteiger charge is 2.22. The van der Waals surface area contributed by atoms with E-state index < -0.39 is 34.3 Å². The molecular weight excluding hydrogens is 480 g/mol. The van der Waals surface area contributed by atoms with Crippen molar-refractivity contribution in [1.82, 2.24) is 14.6 Å². The molecule has 0 aliphatic carbocycles. The third kappa shape index (κ3) is 5.84. The fourth-order valence-electron chi connectivity index (χ4n) is 3.00. The molecule has 2 aromatic carbocycles. The van der Waals surface area contributed by atoms with Gasteiger partial charge >= 0.3 is 0 Å². The van der Waals surface area contributed by atoms with Gasteiger partial charge < -0.3 is 9.47 Å². The van der Waals surface area contributed by atoms with Crippen LogP contribution in [0.15, 0.2) is 58.5 Å². The van der Waals surface area contributed by atoms with Gasteiger partial charge in [0, 0.05) is 5.56 Å². The molecule has 1 aromatic heterocycles. The number of hydrogen-bond acceptors (Lipinski definition) is 6. The van der Waals surface area contributed by atoms with E-state index in [2.05, 4.69) is 15.0 Å². The lowest BCUT2D eigenvalue weighted by Gasteiger charge is -2.12. The van der Waals surface area contributed by atoms with Crippen LogP contribution < -0.4 is 14.3 Å². The van der Waals surface area contributed by atoms with Gasteiger partial charge in [0.2, 0.25) is 0 Å². The smallest absolute Gasteiger partial charge is 0.282 e. The van der Waals surface area contributed by atoms with Crippen molar-refractivity contribution in [1.29, 1.82) is 0 Å². The number of methoxy groups -OCH3 is 2. The lowest BCUT2D eigenvalue weighted by atomic mass is 10.1. The molecule has 0 atom stereocenters. The van der Waals surface area contributed by atoms with Crippen molar-refractivity contribution in [3.63, 3.8) is 0 Å². The first-order valence-corrected chi connectivity index (χ1v) is 11.1. The molecule has 8 nitrogen and oxygen atoms in total. The third-order valence-electron chi connectivity index (χ3n) is 4.66. The van der Waals surface area contributed by atoms with Crippen LogP contribution in [0.5, 0.6) is 11.5 Å². The summed E-state index contributed by atoms with van der Waals surface area (Å²) >= 11 is 0. The Kier molecular flexibility index (Phi) is 7.76. The molecule has 13 heteroatoms. The van der Waals surface area contributed by atoms with Gasteiger partial charge in [-0.1, -0.05) is 0 Å². The Bertz CT molecular complexity index is 1260. The van der Waals surface area contributed by atoms with E-state index in [0.717, 1.165) is 4.68 Å². The Morgan fingerprint density at radius 2 is 1.74 bits per heavy atom. The van der Waals surface area contributed by atoms with Crippen LogP contribution in [0.2, 0.25) is 0 Å². The van der Waals surface area contributed by atoms with E-state index in [0.29, 0.717) is 28.7 Å². The highest BCUT2D eigenvalue weighted by molar-refractivity contribution is 7.89. The monoisotopic (exact) mass is 500 g/mol. The van der Waals surface area contributed by atoms with Crippen LogP contribution in [0.1, 0.15) is 35.4 Å². The Balaban J connectivity index is 1.82. The molecule has 0 saturated carbocycles. The number of nitrogens with zero attached hydrogens (tertiary/aromatic N) is 3. The van der Waals surface area contributed by atoms with E-state index in [1.165, 1.54) is 56.8 Å². The number of hydrazone groups is 1. The van der Waals surface area contributed by atoms with Crippen molar-refractivity contribution in [3.05, 3.63) is 71.0 Å². The topological polar surface area (TPSA) is 94.8 Å². The lowest BCUT2D eigenvalue weighted by Crippen LogP contribution is -2.18. The minimum absolute atomic E-state index is 0.0334. The maximum atomic E-state index is 13.3. The Morgan fingerprint density at radius 3 is 2.32 bits per heavy atom. The number of hydrogen-bond donors (Lipinski definition) is 1. The maximum Gasteiger partial charge on any atom is 0.282 e. The number of alkyl halides is 4. The second-order valence-electron chi connectivity index (χ2n) is 6.85. The molecule has 0 amide bonds. The molecule has 0 fully saturated rings. The van der Waals surface area contributed by atoms with Crippen molar-refractivity contribution in [2.45, 2.75) is 24.3 Å². The number of aromatic nitrogens is 2. The Hall–Kier alpha value is -3.61. The molecule has 0 aliphatic heterocycles. The van der Waals surface area contributed by atoms with Crippen LogP contribution in [-0.2, 0) is 16.6 Å². The van der Waals surface area contributed by atoms with Gasteiger partial charge in [-0.3, -0.25) is 4.68 Å². The minimum atomic E-state index is -3.94. The minimum Gasteiger partial charge on any atom is -0.497 e. The summed E-state index contributed by atoms with van der Waals surface area (Å²) in [5, 5.41) is 7.30. The van der Waals surface area contributed by atoms with E-state index >= 15 is 0 Å². The summed E-state index contributed by atoms with van der Waals surface area (Å²) in [4.78, 5) is 2.03. The van der Waals surface area contributed by atoms with Gasteiger partial charge in [0.05, 0.1) is 31.9 Å². The Labute approximate surface area is 192 Å². The third-order valence-corrected chi connectivity index (χ3v) is 5.90. The van der Waals surface area contributed by atoms with Crippen LogP contribution >= 0.6 is 0 Å². The molecule has 0 spiro atoms. The van der Waals surface area contributed by atoms with Gasteiger partial charge in [0.25, 0.3) is 22.9 Å². The molecule has 0 aliphatic rings. The zero-order valence-corrected chi connectivity index (χ0v) is 18.8. The van der Waals surface area contributed by atoms with Crippen LogP contribution in [0, 0.1) is 0 Å². The second-order valence-corrected chi connectivity index (χ2v) is 8.51. The Morgan fingerprint density at radius 1 is 1.03 bits per heavy atom. The quantitative estimate of drug-likeness (QED) is 0.257. The van der Waals surface area contributed by atoms with Gasteiger partial charge in [-0.2, -0.15) is 18.6 Å². The highest BCUT2D eigenvalue weighted by atomic mass is 32.2. The van der Waals surface area contributed by atoms with Crippen molar-refractivity contribution in [3.8, 4) is 11.5 Å². The standard InChI is InChI=1S/C21H20F4N4O4S/c1-32-15-4-6-16(7-5-15)34(30,31)28-26-11-13-3-8-19(33-2)14(9-13)12-29-18(21(24)25)10-17(27-29)20(22)23/h3-11,20-21,28H,12H2,1-2H3/b26-11-. The first-order chi connectivity index (χ1) is 16.1. The number of sulfonamides is 1. The summed E-state index contributed by atoms with van der Waals surface area (Å²) in [6, 6.07) is 10.9. The molecule has 0 bridgehead atoms. The van der Waals surface area contributed by atoms with Crippen molar-refractivity contribution < 1.29 is 35.5 Å². The summed E-state index contributed by atoms with van der Waals surface area (Å²) in [5.41, 5.74) is -0.688. The van der Waals surface area contributed by atoms with E-state index in [1.54, 1.807) is 6.07 Å². The highest BCUT2D eigenvalue weighted by Crippen LogP contribution is 2.27. The van der Waals surface area contributed by atoms with E-state index in [9.17, 15) is 26.0 Å². The van der Waals surface area contributed by atoms with Crippen LogP contribution in [0.25, 0.3) is 0 Å².